The number of hydrogen-bond donors (Lipinski definition) is 0. The standard InChI is InChI=1S/C58H40N4O2.Pt/c1-58(2,3)40-32-33-59-54(34-40)62-51-36-43(28-29-46(51)47-30-31-53-55(57(47)62)48-22-10-13-27-52(48)64-53)63-42-21-14-20-41(35-42)60-37-61(50-26-12-11-25-49(50)60)56-44(38-16-6-4-7-17-38)23-15-24-45(56)39-18-8-5-9-19-39;/h4-34H,1-3H3;/q-2;/i4D,5D,6D,7D,8D,9D,16D,17D,18D,19D;. The number of para-hydroxylation sites is 4. The number of hydrogen-bond acceptors (Lipinski definition) is 3. The quantitative estimate of drug-likeness (QED) is 0.118. The molecule has 0 aliphatic carbocycles. The Hall–Kier alpha value is -7.53. The SMILES string of the molecule is [2H]c1c([2H])c([2H])c(-c2cccc(-c3c([2H])c([2H])c([2H])c([2H])c3[2H])c2-[n+]2[c-]n(-c3[c-]c(Oc4[c-]c5c(cc4)c4ccc6oc7ccccc7c6c4n5-c4cc(C(C)(C)C)ccn4)ccc3)c3ccccc32)c([2H])c1[2H].[Pt]. The molecule has 0 saturated heterocycles. The molecule has 12 aromatic rings. The van der Waals surface area contributed by atoms with Crippen LogP contribution in [-0.2, 0) is 26.5 Å². The summed E-state index contributed by atoms with van der Waals surface area (Å²) in [4.78, 5) is 4.93. The van der Waals surface area contributed by atoms with Crippen molar-refractivity contribution in [2.75, 3.05) is 0 Å². The first kappa shape index (κ1) is 30.5. The molecule has 7 heteroatoms. The Morgan fingerprint density at radius 1 is 0.662 bits per heavy atom. The van der Waals surface area contributed by atoms with Gasteiger partial charge in [0.15, 0.2) is 0 Å². The number of ether oxygens (including phenoxy) is 1. The number of aromatic nitrogens is 4. The van der Waals surface area contributed by atoms with Crippen molar-refractivity contribution >= 4 is 54.8 Å². The van der Waals surface area contributed by atoms with Gasteiger partial charge in [-0.05, 0) is 68.6 Å². The Morgan fingerprint density at radius 2 is 1.35 bits per heavy atom. The fourth-order valence-electron chi connectivity index (χ4n) is 8.62. The van der Waals surface area contributed by atoms with Crippen molar-refractivity contribution in [1.82, 2.24) is 14.1 Å². The van der Waals surface area contributed by atoms with Crippen LogP contribution >= 0.6 is 0 Å². The zero-order valence-corrected chi connectivity index (χ0v) is 37.3. The van der Waals surface area contributed by atoms with Crippen LogP contribution in [0.25, 0.3) is 94.2 Å². The molecule has 0 radical (unpaired) electrons. The molecule has 0 unspecified atom stereocenters. The molecule has 0 spiro atoms. The molecule has 0 aliphatic heterocycles. The van der Waals surface area contributed by atoms with Crippen LogP contribution in [0.4, 0.5) is 0 Å². The van der Waals surface area contributed by atoms with Crippen LogP contribution in [0.15, 0.2) is 192 Å². The van der Waals surface area contributed by atoms with Crippen molar-refractivity contribution in [3.05, 3.63) is 212 Å². The summed E-state index contributed by atoms with van der Waals surface area (Å²) in [5, 5.41) is 3.86. The number of pyridine rings is 1. The summed E-state index contributed by atoms with van der Waals surface area (Å²) in [5.74, 6) is 1.46. The fourth-order valence-corrected chi connectivity index (χ4v) is 8.62. The predicted octanol–water partition coefficient (Wildman–Crippen LogP) is 14.1. The van der Waals surface area contributed by atoms with Gasteiger partial charge in [-0.1, -0.05) is 153 Å². The van der Waals surface area contributed by atoms with E-state index in [0.717, 1.165) is 49.3 Å². The van der Waals surface area contributed by atoms with Gasteiger partial charge in [0.05, 0.1) is 41.3 Å². The average Bonchev–Trinajstić information content (AvgIpc) is 4.10. The topological polar surface area (TPSA) is 49.0 Å². The van der Waals surface area contributed by atoms with Crippen LogP contribution in [-0.4, -0.2) is 14.1 Å². The maximum atomic E-state index is 9.03. The van der Waals surface area contributed by atoms with Gasteiger partial charge in [0, 0.05) is 44.1 Å². The summed E-state index contributed by atoms with van der Waals surface area (Å²) in [6, 6.07) is 39.2. The van der Waals surface area contributed by atoms with Gasteiger partial charge in [0.2, 0.25) is 0 Å². The molecule has 6 nitrogen and oxygen atoms in total. The first-order valence-corrected chi connectivity index (χ1v) is 20.7. The van der Waals surface area contributed by atoms with E-state index in [-0.39, 0.29) is 54.4 Å². The molecule has 0 N–H and O–H groups in total. The zero-order chi connectivity index (χ0) is 51.6. The average molecular weight is 1030 g/mol. The van der Waals surface area contributed by atoms with Gasteiger partial charge >= 0.3 is 0 Å². The Morgan fingerprint density at radius 3 is 2.12 bits per heavy atom. The minimum absolute atomic E-state index is 0. The molecule has 12 rings (SSSR count). The summed E-state index contributed by atoms with van der Waals surface area (Å²) in [6.07, 6.45) is 5.24. The first-order chi connectivity index (χ1) is 35.5. The molecule has 8 aromatic carbocycles. The minimum atomic E-state index is -0.576. The molecule has 0 amide bonds. The Balaban J connectivity index is 0.00000602. The van der Waals surface area contributed by atoms with Crippen LogP contribution in [0.5, 0.6) is 11.5 Å². The van der Waals surface area contributed by atoms with Crippen molar-refractivity contribution in [3.63, 3.8) is 0 Å². The summed E-state index contributed by atoms with van der Waals surface area (Å²) >= 11 is 0. The molecule has 0 bridgehead atoms. The number of furan rings is 1. The third-order valence-corrected chi connectivity index (χ3v) is 11.6. The van der Waals surface area contributed by atoms with E-state index in [1.807, 2.05) is 79.0 Å². The maximum absolute atomic E-state index is 9.03. The van der Waals surface area contributed by atoms with Gasteiger partial charge in [0.1, 0.15) is 17.0 Å². The number of rotatable bonds is 7. The Bertz CT molecular complexity index is 4220. The second-order valence-corrected chi connectivity index (χ2v) is 16.5. The molecule has 4 heterocycles. The number of fused-ring (bicyclic) bond motifs is 8. The van der Waals surface area contributed by atoms with Crippen LogP contribution in [0.3, 0.4) is 0 Å². The third kappa shape index (κ3) is 6.84. The van der Waals surface area contributed by atoms with Crippen LogP contribution < -0.4 is 9.30 Å². The van der Waals surface area contributed by atoms with Gasteiger partial charge in [-0.15, -0.1) is 29.7 Å². The van der Waals surface area contributed by atoms with Gasteiger partial charge in [-0.3, -0.25) is 4.57 Å². The summed E-state index contributed by atoms with van der Waals surface area (Å²) < 4.78 is 106. The van der Waals surface area contributed by atoms with Crippen molar-refractivity contribution in [3.8, 4) is 50.9 Å². The monoisotopic (exact) mass is 1030 g/mol. The molecule has 0 atom stereocenters. The van der Waals surface area contributed by atoms with E-state index in [1.165, 1.54) is 0 Å². The molecule has 0 saturated carbocycles. The van der Waals surface area contributed by atoms with E-state index in [1.54, 1.807) is 39.5 Å². The van der Waals surface area contributed by atoms with Gasteiger partial charge in [-0.2, -0.15) is 18.2 Å². The van der Waals surface area contributed by atoms with Crippen molar-refractivity contribution in [2.45, 2.75) is 26.2 Å². The van der Waals surface area contributed by atoms with E-state index >= 15 is 0 Å². The van der Waals surface area contributed by atoms with Gasteiger partial charge in [0.25, 0.3) is 6.33 Å². The molecule has 316 valence electrons. The minimum Gasteiger partial charge on any atom is -0.510 e. The van der Waals surface area contributed by atoms with Gasteiger partial charge in [-0.25, -0.2) is 4.98 Å². The second-order valence-electron chi connectivity index (χ2n) is 16.5. The molecule has 0 aliphatic rings. The Kier molecular flexibility index (Phi) is 7.48. The smallest absolute Gasteiger partial charge is 0.268 e. The van der Waals surface area contributed by atoms with Crippen LogP contribution in [0, 0.1) is 18.5 Å². The van der Waals surface area contributed by atoms with Gasteiger partial charge < -0.3 is 18.3 Å². The molecule has 0 fully saturated rings. The molecular formula is C58H40N4O2Pt-2. The summed E-state index contributed by atoms with van der Waals surface area (Å²) in [7, 11) is 0. The van der Waals surface area contributed by atoms with Crippen molar-refractivity contribution in [2.24, 2.45) is 0 Å². The molecular weight excluding hydrogens is 980 g/mol. The largest absolute Gasteiger partial charge is 0.510 e. The fraction of sp³-hybridized carbons (Fsp3) is 0.0690. The van der Waals surface area contributed by atoms with E-state index in [2.05, 4.69) is 62.0 Å². The molecule has 65 heavy (non-hydrogen) atoms. The number of benzene rings is 8. The van der Waals surface area contributed by atoms with E-state index in [9.17, 15) is 0 Å². The molecule has 4 aromatic heterocycles. The number of imidazole rings is 1. The van der Waals surface area contributed by atoms with E-state index in [4.69, 9.17) is 27.8 Å². The van der Waals surface area contributed by atoms with Crippen molar-refractivity contribution < 1.29 is 48.5 Å². The predicted molar refractivity (Wildman–Crippen MR) is 257 cm³/mol. The summed E-state index contributed by atoms with van der Waals surface area (Å²) in [6.45, 7) is 6.51. The second kappa shape index (κ2) is 15.9. The van der Waals surface area contributed by atoms with Crippen LogP contribution in [0.1, 0.15) is 40.0 Å². The van der Waals surface area contributed by atoms with E-state index in [0.29, 0.717) is 34.0 Å². The van der Waals surface area contributed by atoms with Crippen molar-refractivity contribution in [1.29, 1.82) is 0 Å². The third-order valence-electron chi connectivity index (χ3n) is 11.6. The number of nitrogens with zero attached hydrogens (tertiary/aromatic N) is 4. The summed E-state index contributed by atoms with van der Waals surface area (Å²) in [5.41, 5.74) is 5.90. The first-order valence-electron chi connectivity index (χ1n) is 25.7. The normalized spacial score (nSPS) is 14.0. The zero-order valence-electron chi connectivity index (χ0n) is 45.0. The Labute approximate surface area is 404 Å². The van der Waals surface area contributed by atoms with E-state index < -0.39 is 60.4 Å². The van der Waals surface area contributed by atoms with Crippen LogP contribution in [0.2, 0.25) is 0 Å². The maximum Gasteiger partial charge on any atom is 0.268 e.